The first-order valence-electron chi connectivity index (χ1n) is 7.14. The number of nitrogens with one attached hydrogen (secondary N) is 1. The second-order valence-corrected chi connectivity index (χ2v) is 5.19. The Balaban J connectivity index is 1.68. The second kappa shape index (κ2) is 7.28. The van der Waals surface area contributed by atoms with E-state index in [1.165, 1.54) is 31.2 Å². The van der Waals surface area contributed by atoms with Crippen molar-refractivity contribution in [3.05, 3.63) is 35.4 Å². The van der Waals surface area contributed by atoms with Crippen molar-refractivity contribution in [3.63, 3.8) is 0 Å². The third kappa shape index (κ3) is 4.34. The molecule has 0 radical (unpaired) electrons. The molecule has 1 aromatic carbocycles. The van der Waals surface area contributed by atoms with Crippen molar-refractivity contribution >= 4 is 0 Å². The third-order valence-corrected chi connectivity index (χ3v) is 3.75. The van der Waals surface area contributed by atoms with Gasteiger partial charge in [0, 0.05) is 12.6 Å². The van der Waals surface area contributed by atoms with Gasteiger partial charge in [-0.3, -0.25) is 0 Å². The van der Waals surface area contributed by atoms with Gasteiger partial charge in [0.2, 0.25) is 0 Å². The van der Waals surface area contributed by atoms with Crippen LogP contribution < -0.4 is 5.32 Å². The fourth-order valence-corrected chi connectivity index (χ4v) is 2.52. The van der Waals surface area contributed by atoms with E-state index in [2.05, 4.69) is 18.3 Å². The minimum Gasteiger partial charge on any atom is -0.377 e. The minimum absolute atomic E-state index is 0.292. The Bertz CT molecular complexity index is 415. The van der Waals surface area contributed by atoms with Crippen LogP contribution in [0.15, 0.2) is 24.3 Å². The molecule has 0 amide bonds. The molecule has 3 nitrogen and oxygen atoms in total. The minimum atomic E-state index is 0.292. The van der Waals surface area contributed by atoms with Gasteiger partial charge < -0.3 is 10.1 Å². The van der Waals surface area contributed by atoms with Gasteiger partial charge in [0.25, 0.3) is 0 Å². The lowest BCUT2D eigenvalue weighted by molar-refractivity contribution is 0.0593. The second-order valence-electron chi connectivity index (χ2n) is 5.19. The summed E-state index contributed by atoms with van der Waals surface area (Å²) in [6, 6.07) is 10.2. The molecule has 0 saturated heterocycles. The van der Waals surface area contributed by atoms with Crippen LogP contribution in [0.3, 0.4) is 0 Å². The van der Waals surface area contributed by atoms with Crippen LogP contribution in [0.1, 0.15) is 49.8 Å². The van der Waals surface area contributed by atoms with Gasteiger partial charge >= 0.3 is 0 Å². The fraction of sp³-hybridized carbons (Fsp3) is 0.562. The Kier molecular flexibility index (Phi) is 5.38. The molecule has 1 aliphatic carbocycles. The molecule has 0 spiro atoms. The van der Waals surface area contributed by atoms with Gasteiger partial charge in [-0.25, -0.2) is 0 Å². The van der Waals surface area contributed by atoms with Crippen molar-refractivity contribution in [1.82, 2.24) is 5.32 Å². The number of nitrogens with zero attached hydrogens (tertiary/aromatic N) is 1. The van der Waals surface area contributed by atoms with Crippen LogP contribution in [-0.4, -0.2) is 19.3 Å². The zero-order valence-corrected chi connectivity index (χ0v) is 11.6. The first-order chi connectivity index (χ1) is 9.29. The standard InChI is InChI=1S/C16H22N2O/c1-13(15-8-6-14(12-17)7-9-15)18-10-11-19-16-4-2-3-5-16/h6-9,13,16,18H,2-5,10-11H2,1H3. The van der Waals surface area contributed by atoms with Crippen molar-refractivity contribution in [2.45, 2.75) is 44.8 Å². The van der Waals surface area contributed by atoms with E-state index in [1.807, 2.05) is 24.3 Å². The van der Waals surface area contributed by atoms with E-state index in [0.717, 1.165) is 13.2 Å². The highest BCUT2D eigenvalue weighted by Crippen LogP contribution is 2.20. The summed E-state index contributed by atoms with van der Waals surface area (Å²) in [7, 11) is 0. The Hall–Kier alpha value is -1.37. The van der Waals surface area contributed by atoms with E-state index in [1.54, 1.807) is 0 Å². The van der Waals surface area contributed by atoms with Gasteiger partial charge in [0.1, 0.15) is 0 Å². The molecule has 0 aromatic heterocycles. The lowest BCUT2D eigenvalue weighted by atomic mass is 10.1. The van der Waals surface area contributed by atoms with Gasteiger partial charge in [-0.15, -0.1) is 0 Å². The molecule has 1 aliphatic rings. The molecule has 1 aromatic rings. The van der Waals surface area contributed by atoms with Crippen LogP contribution in [-0.2, 0) is 4.74 Å². The summed E-state index contributed by atoms with van der Waals surface area (Å²) < 4.78 is 5.82. The first-order valence-corrected chi connectivity index (χ1v) is 7.14. The van der Waals surface area contributed by atoms with Gasteiger partial charge in [-0.1, -0.05) is 25.0 Å². The number of rotatable bonds is 6. The maximum atomic E-state index is 8.76. The molecule has 1 unspecified atom stereocenters. The summed E-state index contributed by atoms with van der Waals surface area (Å²) in [5, 5.41) is 12.2. The number of hydrogen-bond acceptors (Lipinski definition) is 3. The van der Waals surface area contributed by atoms with Crippen LogP contribution in [0.5, 0.6) is 0 Å². The molecular weight excluding hydrogens is 236 g/mol. The molecular formula is C16H22N2O. The summed E-state index contributed by atoms with van der Waals surface area (Å²) in [4.78, 5) is 0. The summed E-state index contributed by atoms with van der Waals surface area (Å²) in [6.45, 7) is 3.79. The lowest BCUT2D eigenvalue weighted by Gasteiger charge is -2.16. The largest absolute Gasteiger partial charge is 0.377 e. The Morgan fingerprint density at radius 3 is 2.63 bits per heavy atom. The zero-order chi connectivity index (χ0) is 13.5. The highest BCUT2D eigenvalue weighted by Gasteiger charge is 2.14. The van der Waals surface area contributed by atoms with E-state index in [9.17, 15) is 0 Å². The molecule has 19 heavy (non-hydrogen) atoms. The van der Waals surface area contributed by atoms with Crippen LogP contribution in [0.2, 0.25) is 0 Å². The number of ether oxygens (including phenoxy) is 1. The average Bonchev–Trinajstić information content (AvgIpc) is 2.96. The molecule has 3 heteroatoms. The molecule has 0 aliphatic heterocycles. The number of benzene rings is 1. The van der Waals surface area contributed by atoms with Crippen molar-refractivity contribution in [2.24, 2.45) is 0 Å². The van der Waals surface area contributed by atoms with E-state index in [-0.39, 0.29) is 0 Å². The van der Waals surface area contributed by atoms with Crippen LogP contribution in [0, 0.1) is 11.3 Å². The van der Waals surface area contributed by atoms with E-state index in [4.69, 9.17) is 10.00 Å². The van der Waals surface area contributed by atoms with Gasteiger partial charge in [-0.2, -0.15) is 5.26 Å². The van der Waals surface area contributed by atoms with E-state index in [0.29, 0.717) is 17.7 Å². The first kappa shape index (κ1) is 14.0. The lowest BCUT2D eigenvalue weighted by Crippen LogP contribution is -2.25. The highest BCUT2D eigenvalue weighted by atomic mass is 16.5. The topological polar surface area (TPSA) is 45.0 Å². The van der Waals surface area contributed by atoms with Gasteiger partial charge in [0.05, 0.1) is 24.3 Å². The van der Waals surface area contributed by atoms with E-state index >= 15 is 0 Å². The Labute approximate surface area is 115 Å². The molecule has 102 valence electrons. The Morgan fingerprint density at radius 1 is 1.32 bits per heavy atom. The maximum Gasteiger partial charge on any atom is 0.0991 e. The molecule has 2 rings (SSSR count). The average molecular weight is 258 g/mol. The molecule has 0 heterocycles. The third-order valence-electron chi connectivity index (χ3n) is 3.75. The van der Waals surface area contributed by atoms with Crippen molar-refractivity contribution < 1.29 is 4.74 Å². The molecule has 1 N–H and O–H groups in total. The molecule has 1 saturated carbocycles. The summed E-state index contributed by atoms with van der Waals surface area (Å²) in [5.41, 5.74) is 1.92. The smallest absolute Gasteiger partial charge is 0.0991 e. The molecule has 0 bridgehead atoms. The monoisotopic (exact) mass is 258 g/mol. The predicted molar refractivity (Wildman–Crippen MR) is 75.8 cm³/mol. The number of hydrogen-bond donors (Lipinski definition) is 1. The van der Waals surface area contributed by atoms with Crippen molar-refractivity contribution in [1.29, 1.82) is 5.26 Å². The van der Waals surface area contributed by atoms with Crippen molar-refractivity contribution in [3.8, 4) is 6.07 Å². The number of nitriles is 1. The molecule has 1 atom stereocenters. The van der Waals surface area contributed by atoms with Gasteiger partial charge in [-0.05, 0) is 37.5 Å². The summed E-state index contributed by atoms with van der Waals surface area (Å²) in [6.07, 6.45) is 5.59. The quantitative estimate of drug-likeness (QED) is 0.797. The molecule has 1 fully saturated rings. The highest BCUT2D eigenvalue weighted by molar-refractivity contribution is 5.32. The van der Waals surface area contributed by atoms with Crippen molar-refractivity contribution in [2.75, 3.05) is 13.2 Å². The van der Waals surface area contributed by atoms with Crippen LogP contribution in [0.25, 0.3) is 0 Å². The van der Waals surface area contributed by atoms with Crippen LogP contribution in [0.4, 0.5) is 0 Å². The van der Waals surface area contributed by atoms with E-state index < -0.39 is 0 Å². The van der Waals surface area contributed by atoms with Gasteiger partial charge in [0.15, 0.2) is 0 Å². The zero-order valence-electron chi connectivity index (χ0n) is 11.6. The Morgan fingerprint density at radius 2 is 2.00 bits per heavy atom. The summed E-state index contributed by atoms with van der Waals surface area (Å²) >= 11 is 0. The van der Waals surface area contributed by atoms with Crippen LogP contribution >= 0.6 is 0 Å². The normalized spacial score (nSPS) is 17.3. The predicted octanol–water partition coefficient (Wildman–Crippen LogP) is 3.17. The summed E-state index contributed by atoms with van der Waals surface area (Å²) in [5.74, 6) is 0. The maximum absolute atomic E-state index is 8.76. The fourth-order valence-electron chi connectivity index (χ4n) is 2.52. The SMILES string of the molecule is CC(NCCOC1CCCC1)c1ccc(C#N)cc1.